The Morgan fingerprint density at radius 3 is 2.61 bits per heavy atom. The Balaban J connectivity index is 2.66. The van der Waals surface area contributed by atoms with Crippen LogP contribution in [0.1, 0.15) is 26.3 Å². The van der Waals surface area contributed by atoms with Gasteiger partial charge in [-0.1, -0.05) is 13.8 Å². The van der Waals surface area contributed by atoms with Gasteiger partial charge in [-0.3, -0.25) is 4.79 Å². The first-order valence-corrected chi connectivity index (χ1v) is 5.74. The van der Waals surface area contributed by atoms with Crippen molar-refractivity contribution >= 4 is 17.3 Å². The van der Waals surface area contributed by atoms with Crippen LogP contribution < -0.4 is 9.64 Å². The Hall–Kier alpha value is -1.91. The second-order valence-corrected chi connectivity index (χ2v) is 5.12. The highest BCUT2D eigenvalue weighted by molar-refractivity contribution is 5.95. The Labute approximate surface area is 106 Å². The number of anilines is 1. The second-order valence-electron chi connectivity index (χ2n) is 5.12. The molecule has 1 heterocycles. The average molecular weight is 248 g/mol. The zero-order chi connectivity index (χ0) is 13.5. The number of methoxy groups -OCH3 is 1. The van der Waals surface area contributed by atoms with E-state index < -0.39 is 0 Å². The van der Waals surface area contributed by atoms with E-state index in [2.05, 4.69) is 19.0 Å². The second kappa shape index (κ2) is 4.08. The largest absolute Gasteiger partial charge is 0.494 e. The van der Waals surface area contributed by atoms with Crippen molar-refractivity contribution in [2.75, 3.05) is 18.6 Å². The van der Waals surface area contributed by atoms with E-state index >= 15 is 0 Å². The van der Waals surface area contributed by atoms with Gasteiger partial charge in [0, 0.05) is 24.6 Å². The number of amides is 1. The van der Waals surface area contributed by atoms with Crippen LogP contribution in [0, 0.1) is 4.91 Å². The Morgan fingerprint density at radius 2 is 2.11 bits per heavy atom. The van der Waals surface area contributed by atoms with Gasteiger partial charge in [0.05, 0.1) is 7.11 Å². The lowest BCUT2D eigenvalue weighted by Gasteiger charge is -2.19. The molecule has 1 aromatic carbocycles. The quantitative estimate of drug-likeness (QED) is 0.756. The van der Waals surface area contributed by atoms with E-state index in [-0.39, 0.29) is 17.0 Å². The number of fused-ring (bicyclic) bond motifs is 1. The molecule has 0 fully saturated rings. The van der Waals surface area contributed by atoms with E-state index in [0.29, 0.717) is 12.3 Å². The zero-order valence-electron chi connectivity index (χ0n) is 11.0. The van der Waals surface area contributed by atoms with Crippen LogP contribution in [0.2, 0.25) is 0 Å². The van der Waals surface area contributed by atoms with Crippen LogP contribution in [-0.4, -0.2) is 19.6 Å². The van der Waals surface area contributed by atoms with Crippen LogP contribution in [0.25, 0.3) is 0 Å². The predicted molar refractivity (Wildman–Crippen MR) is 69.5 cm³/mol. The molecule has 0 aromatic heterocycles. The van der Waals surface area contributed by atoms with Gasteiger partial charge in [0.1, 0.15) is 5.75 Å². The molecule has 18 heavy (non-hydrogen) atoms. The molecule has 0 radical (unpaired) electrons. The van der Waals surface area contributed by atoms with Gasteiger partial charge in [-0.25, -0.2) is 0 Å². The van der Waals surface area contributed by atoms with Crippen molar-refractivity contribution in [3.8, 4) is 5.75 Å². The average Bonchev–Trinajstić information content (AvgIpc) is 2.59. The molecule has 0 spiro atoms. The molecule has 2 rings (SSSR count). The number of hydrogen-bond acceptors (Lipinski definition) is 4. The smallest absolute Gasteiger partial charge is 0.223 e. The van der Waals surface area contributed by atoms with E-state index in [0.717, 1.165) is 11.3 Å². The highest BCUT2D eigenvalue weighted by Gasteiger charge is 2.38. The Bertz CT molecular complexity index is 523. The summed E-state index contributed by atoms with van der Waals surface area (Å²) in [5.41, 5.74) is 1.82. The molecule has 0 N–H and O–H groups in total. The van der Waals surface area contributed by atoms with Gasteiger partial charge in [0.25, 0.3) is 0 Å². The van der Waals surface area contributed by atoms with Crippen molar-refractivity contribution < 1.29 is 9.53 Å². The van der Waals surface area contributed by atoms with Crippen LogP contribution in [0.3, 0.4) is 0 Å². The van der Waals surface area contributed by atoms with Crippen molar-refractivity contribution in [1.82, 2.24) is 0 Å². The molecule has 96 valence electrons. The maximum atomic E-state index is 11.6. The van der Waals surface area contributed by atoms with Crippen molar-refractivity contribution in [3.63, 3.8) is 0 Å². The summed E-state index contributed by atoms with van der Waals surface area (Å²) in [6.45, 7) is 6.23. The number of benzene rings is 1. The van der Waals surface area contributed by atoms with Gasteiger partial charge in [0.2, 0.25) is 5.91 Å². The molecule has 0 aliphatic carbocycles. The summed E-state index contributed by atoms with van der Waals surface area (Å²) in [4.78, 5) is 24.1. The number of carbonyl (C=O) groups is 1. The molecular weight excluding hydrogens is 232 g/mol. The van der Waals surface area contributed by atoms with E-state index in [1.165, 1.54) is 14.0 Å². The number of nitrogens with zero attached hydrogens (tertiary/aromatic N) is 2. The molecule has 1 amide bonds. The normalized spacial score (nSPS) is 16.3. The van der Waals surface area contributed by atoms with Gasteiger partial charge >= 0.3 is 0 Å². The van der Waals surface area contributed by atoms with Crippen molar-refractivity contribution in [2.45, 2.75) is 26.2 Å². The number of ether oxygens (including phenoxy) is 1. The summed E-state index contributed by atoms with van der Waals surface area (Å²) in [5, 5.41) is 2.95. The van der Waals surface area contributed by atoms with Crippen molar-refractivity contribution in [2.24, 2.45) is 5.18 Å². The van der Waals surface area contributed by atoms with Crippen LogP contribution in [0.15, 0.2) is 17.3 Å². The van der Waals surface area contributed by atoms with Crippen molar-refractivity contribution in [1.29, 1.82) is 0 Å². The van der Waals surface area contributed by atoms with E-state index in [4.69, 9.17) is 4.74 Å². The van der Waals surface area contributed by atoms with Gasteiger partial charge in [-0.05, 0) is 22.9 Å². The molecule has 0 saturated heterocycles. The monoisotopic (exact) mass is 248 g/mol. The van der Waals surface area contributed by atoms with Gasteiger partial charge in [-0.15, -0.1) is 4.91 Å². The summed E-state index contributed by atoms with van der Waals surface area (Å²) in [5.74, 6) is 0.408. The summed E-state index contributed by atoms with van der Waals surface area (Å²) >= 11 is 0. The molecule has 1 aliphatic heterocycles. The Kier molecular flexibility index (Phi) is 2.84. The lowest BCUT2D eigenvalue weighted by atomic mass is 9.87. The lowest BCUT2D eigenvalue weighted by molar-refractivity contribution is -0.116. The minimum Gasteiger partial charge on any atom is -0.494 e. The fourth-order valence-corrected chi connectivity index (χ4v) is 2.40. The first-order valence-electron chi connectivity index (χ1n) is 5.74. The number of nitroso groups, excluding NO2 is 1. The number of hydrogen-bond donors (Lipinski definition) is 0. The standard InChI is InChI=1S/C13H16N2O3/c1-8(16)15-7-13(2,3)9-5-12(18-4)10(14-17)6-11(9)15/h5-6H,7H2,1-4H3. The number of rotatable bonds is 2. The molecule has 0 atom stereocenters. The predicted octanol–water partition coefficient (Wildman–Crippen LogP) is 2.74. The molecule has 1 aliphatic rings. The molecule has 0 unspecified atom stereocenters. The van der Waals surface area contributed by atoms with E-state index in [1.54, 1.807) is 17.0 Å². The molecule has 5 heteroatoms. The minimum absolute atomic E-state index is 0.0381. The highest BCUT2D eigenvalue weighted by Crippen LogP contribution is 2.45. The van der Waals surface area contributed by atoms with Crippen molar-refractivity contribution in [3.05, 3.63) is 22.6 Å². The molecular formula is C13H16N2O3. The van der Waals surface area contributed by atoms with Crippen LogP contribution in [0.4, 0.5) is 11.4 Å². The van der Waals surface area contributed by atoms with Gasteiger partial charge in [-0.2, -0.15) is 0 Å². The fraction of sp³-hybridized carbons (Fsp3) is 0.462. The van der Waals surface area contributed by atoms with Crippen LogP contribution in [-0.2, 0) is 10.2 Å². The van der Waals surface area contributed by atoms with Crippen LogP contribution in [0.5, 0.6) is 5.75 Å². The number of carbonyl (C=O) groups excluding carboxylic acids is 1. The molecule has 0 bridgehead atoms. The third-order valence-corrected chi connectivity index (χ3v) is 3.35. The third-order valence-electron chi connectivity index (χ3n) is 3.35. The maximum Gasteiger partial charge on any atom is 0.223 e. The highest BCUT2D eigenvalue weighted by atomic mass is 16.5. The lowest BCUT2D eigenvalue weighted by Crippen LogP contribution is -2.31. The molecule has 1 aromatic rings. The molecule has 5 nitrogen and oxygen atoms in total. The third kappa shape index (κ3) is 1.75. The Morgan fingerprint density at radius 1 is 1.44 bits per heavy atom. The van der Waals surface area contributed by atoms with Crippen LogP contribution >= 0.6 is 0 Å². The SMILES string of the molecule is COc1cc2c(cc1N=O)N(C(C)=O)CC2(C)C. The van der Waals surface area contributed by atoms with E-state index in [9.17, 15) is 9.70 Å². The summed E-state index contributed by atoms with van der Waals surface area (Å²) < 4.78 is 5.15. The minimum atomic E-state index is -0.157. The molecule has 0 saturated carbocycles. The first kappa shape index (κ1) is 12.5. The summed E-state index contributed by atoms with van der Waals surface area (Å²) in [6.07, 6.45) is 0. The van der Waals surface area contributed by atoms with Gasteiger partial charge < -0.3 is 9.64 Å². The van der Waals surface area contributed by atoms with E-state index in [1.807, 2.05) is 0 Å². The maximum absolute atomic E-state index is 11.6. The first-order chi connectivity index (χ1) is 8.40. The summed E-state index contributed by atoms with van der Waals surface area (Å²) in [6, 6.07) is 3.42. The topological polar surface area (TPSA) is 59.0 Å². The van der Waals surface area contributed by atoms with Gasteiger partial charge in [0.15, 0.2) is 5.69 Å². The summed E-state index contributed by atoms with van der Waals surface area (Å²) in [7, 11) is 1.50. The zero-order valence-corrected chi connectivity index (χ0v) is 11.0. The fourth-order valence-electron chi connectivity index (χ4n) is 2.40.